The first kappa shape index (κ1) is 19.2. The van der Waals surface area contributed by atoms with Crippen molar-refractivity contribution in [2.24, 2.45) is 10.4 Å². The molecule has 1 aromatic carbocycles. The molecule has 0 saturated heterocycles. The second-order valence-corrected chi connectivity index (χ2v) is 7.22. The minimum absolute atomic E-state index is 0.00218. The van der Waals surface area contributed by atoms with E-state index in [1.165, 1.54) is 31.6 Å². The van der Waals surface area contributed by atoms with Crippen LogP contribution in [0.3, 0.4) is 0 Å². The summed E-state index contributed by atoms with van der Waals surface area (Å²) in [5.74, 6) is 0.0153. The molecular weight excluding hydrogens is 358 g/mol. The number of carbonyl (C=O) groups excluding carboxylic acids is 1. The number of aliphatic imine (C=N–C) groups is 1. The van der Waals surface area contributed by atoms with E-state index in [-0.39, 0.29) is 28.0 Å². The van der Waals surface area contributed by atoms with Gasteiger partial charge < -0.3 is 15.2 Å². The van der Waals surface area contributed by atoms with E-state index in [1.807, 2.05) is 0 Å². The first-order chi connectivity index (χ1) is 13.3. The van der Waals surface area contributed by atoms with Gasteiger partial charge in [-0.3, -0.25) is 20.1 Å². The number of phenols is 1. The van der Waals surface area contributed by atoms with Crippen LogP contribution in [0.4, 0.5) is 5.69 Å². The highest BCUT2D eigenvalue weighted by molar-refractivity contribution is 6.12. The van der Waals surface area contributed by atoms with Crippen LogP contribution >= 0.6 is 0 Å². The lowest BCUT2D eigenvalue weighted by atomic mass is 9.93. The second kappa shape index (κ2) is 7.56. The lowest BCUT2D eigenvalue weighted by molar-refractivity contribution is 0.0972. The van der Waals surface area contributed by atoms with Gasteiger partial charge in [-0.05, 0) is 17.7 Å². The molecule has 0 fully saturated rings. The number of aromatic hydroxyl groups is 1. The highest BCUT2D eigenvalue weighted by Crippen LogP contribution is 2.39. The molecule has 0 spiro atoms. The second-order valence-electron chi connectivity index (χ2n) is 7.22. The van der Waals surface area contributed by atoms with Gasteiger partial charge in [-0.15, -0.1) is 0 Å². The van der Waals surface area contributed by atoms with Gasteiger partial charge >= 0.3 is 0 Å². The van der Waals surface area contributed by atoms with E-state index in [2.05, 4.69) is 39.3 Å². The number of hydrogen-bond donors (Lipinski definition) is 3. The van der Waals surface area contributed by atoms with Gasteiger partial charge in [-0.1, -0.05) is 19.9 Å². The molecule has 3 rings (SSSR count). The maximum Gasteiger partial charge on any atom is 0.261 e. The number of nitrogens with one attached hydrogen (secondary N) is 2. The minimum atomic E-state index is -0.563. The molecule has 144 valence electrons. The van der Waals surface area contributed by atoms with Crippen molar-refractivity contribution in [3.63, 3.8) is 0 Å². The number of guanidine groups is 1. The molecule has 1 amide bonds. The molecule has 1 aliphatic heterocycles. The van der Waals surface area contributed by atoms with Gasteiger partial charge in [-0.2, -0.15) is 0 Å². The average molecular weight is 379 g/mol. The Kier molecular flexibility index (Phi) is 5.18. The summed E-state index contributed by atoms with van der Waals surface area (Å²) in [4.78, 5) is 24.9. The van der Waals surface area contributed by atoms with Crippen LogP contribution in [0.15, 0.2) is 35.6 Å². The molecule has 0 radical (unpaired) electrons. The fourth-order valence-electron chi connectivity index (χ4n) is 2.84. The van der Waals surface area contributed by atoms with E-state index in [4.69, 9.17) is 11.3 Å². The first-order valence-electron chi connectivity index (χ1n) is 8.67. The van der Waals surface area contributed by atoms with Gasteiger partial charge in [0.1, 0.15) is 11.5 Å². The van der Waals surface area contributed by atoms with E-state index in [9.17, 15) is 9.90 Å². The molecule has 0 atom stereocenters. The molecular formula is C20H21N5O3. The number of methoxy groups -OCH3 is 1. The van der Waals surface area contributed by atoms with Crippen LogP contribution in [0.25, 0.3) is 16.0 Å². The van der Waals surface area contributed by atoms with Gasteiger partial charge in [0.05, 0.1) is 25.4 Å². The maximum absolute atomic E-state index is 13.0. The highest BCUT2D eigenvalue weighted by atomic mass is 16.5. The Hall–Kier alpha value is -3.60. The summed E-state index contributed by atoms with van der Waals surface area (Å²) in [5, 5.41) is 16.2. The van der Waals surface area contributed by atoms with Gasteiger partial charge in [0.25, 0.3) is 5.91 Å². The number of rotatable bonds is 3. The monoisotopic (exact) mass is 379 g/mol. The number of nitrogens with zero attached hydrogens (tertiary/aromatic N) is 3. The van der Waals surface area contributed by atoms with Crippen molar-refractivity contribution >= 4 is 17.6 Å². The van der Waals surface area contributed by atoms with E-state index in [0.717, 1.165) is 0 Å². The molecule has 8 nitrogen and oxygen atoms in total. The number of carbonyl (C=O) groups is 1. The number of amides is 1. The highest BCUT2D eigenvalue weighted by Gasteiger charge is 2.26. The molecule has 8 heteroatoms. The Bertz CT molecular complexity index is 992. The number of ether oxygens (including phenoxy) is 1. The molecule has 1 aliphatic rings. The van der Waals surface area contributed by atoms with Crippen molar-refractivity contribution in [3.8, 4) is 22.6 Å². The van der Waals surface area contributed by atoms with Crippen LogP contribution in [0.2, 0.25) is 0 Å². The van der Waals surface area contributed by atoms with Gasteiger partial charge in [0, 0.05) is 30.3 Å². The lowest BCUT2D eigenvalue weighted by Gasteiger charge is -2.29. The van der Waals surface area contributed by atoms with Crippen molar-refractivity contribution in [1.82, 2.24) is 15.6 Å². The Balaban J connectivity index is 2.04. The van der Waals surface area contributed by atoms with E-state index >= 15 is 0 Å². The summed E-state index contributed by atoms with van der Waals surface area (Å²) < 4.78 is 5.19. The molecule has 28 heavy (non-hydrogen) atoms. The van der Waals surface area contributed by atoms with Crippen molar-refractivity contribution < 1.29 is 14.6 Å². The third-order valence-corrected chi connectivity index (χ3v) is 4.38. The van der Waals surface area contributed by atoms with Crippen LogP contribution in [0, 0.1) is 12.0 Å². The maximum atomic E-state index is 13.0. The zero-order valence-corrected chi connectivity index (χ0v) is 15.9. The number of hydrogen-bond acceptors (Lipinski definition) is 6. The Morgan fingerprint density at radius 1 is 1.39 bits per heavy atom. The van der Waals surface area contributed by atoms with Crippen molar-refractivity contribution in [2.75, 3.05) is 20.2 Å². The van der Waals surface area contributed by atoms with Gasteiger partial charge in [0.15, 0.2) is 11.6 Å². The van der Waals surface area contributed by atoms with Crippen molar-refractivity contribution in [1.29, 1.82) is 0 Å². The van der Waals surface area contributed by atoms with E-state index < -0.39 is 5.91 Å². The summed E-state index contributed by atoms with van der Waals surface area (Å²) in [6.45, 7) is 12.8. The Morgan fingerprint density at radius 3 is 2.82 bits per heavy atom. The number of pyridine rings is 1. The fraction of sp³-hybridized carbons (Fsp3) is 0.300. The minimum Gasteiger partial charge on any atom is -0.507 e. The molecule has 2 heterocycles. The van der Waals surface area contributed by atoms with Gasteiger partial charge in [0.2, 0.25) is 0 Å². The van der Waals surface area contributed by atoms with Crippen molar-refractivity contribution in [3.05, 3.63) is 47.6 Å². The third-order valence-electron chi connectivity index (χ3n) is 4.38. The number of benzene rings is 1. The van der Waals surface area contributed by atoms with Crippen LogP contribution in [-0.4, -0.2) is 42.2 Å². The Labute approximate surface area is 163 Å². The predicted molar refractivity (Wildman–Crippen MR) is 106 cm³/mol. The standard InChI is InChI=1S/C20H21N5O3/c1-20(2)10-23-19(24-11-20)25-18(27)17-15(26)6-5-14(21-3)16(17)12-7-13(28-4)9-22-8-12/h5-9,26H,10-11H2,1-2,4H3,(H2,23,24,25,27). The quantitative estimate of drug-likeness (QED) is 0.712. The first-order valence-corrected chi connectivity index (χ1v) is 8.67. The van der Waals surface area contributed by atoms with Crippen LogP contribution in [0.5, 0.6) is 11.5 Å². The normalized spacial score (nSPS) is 15.0. The van der Waals surface area contributed by atoms with Crippen LogP contribution in [-0.2, 0) is 0 Å². The largest absolute Gasteiger partial charge is 0.507 e. The van der Waals surface area contributed by atoms with E-state index in [0.29, 0.717) is 30.4 Å². The topological polar surface area (TPSA) is 100 Å². The SMILES string of the molecule is [C-]#[N+]c1ccc(O)c(C(=O)NC2=NCC(C)(C)CN2)c1-c1cncc(OC)c1. The van der Waals surface area contributed by atoms with Crippen LogP contribution < -0.4 is 15.4 Å². The molecule has 3 N–H and O–H groups in total. The molecule has 0 saturated carbocycles. The summed E-state index contributed by atoms with van der Waals surface area (Å²) in [6, 6.07) is 4.46. The zero-order valence-electron chi connectivity index (χ0n) is 15.9. The summed E-state index contributed by atoms with van der Waals surface area (Å²) in [7, 11) is 1.50. The van der Waals surface area contributed by atoms with Gasteiger partial charge in [-0.25, -0.2) is 4.85 Å². The molecule has 0 unspecified atom stereocenters. The molecule has 1 aromatic heterocycles. The number of aromatic nitrogens is 1. The summed E-state index contributed by atoms with van der Waals surface area (Å²) in [5.41, 5.74) is 0.981. The summed E-state index contributed by atoms with van der Waals surface area (Å²) in [6.07, 6.45) is 3.04. The molecule has 2 aromatic rings. The third kappa shape index (κ3) is 3.88. The van der Waals surface area contributed by atoms with E-state index in [1.54, 1.807) is 6.07 Å². The summed E-state index contributed by atoms with van der Waals surface area (Å²) >= 11 is 0. The average Bonchev–Trinajstić information content (AvgIpc) is 2.69. The molecule has 0 bridgehead atoms. The predicted octanol–water partition coefficient (Wildman–Crippen LogP) is 2.73. The van der Waals surface area contributed by atoms with Crippen LogP contribution in [0.1, 0.15) is 24.2 Å². The smallest absolute Gasteiger partial charge is 0.261 e. The molecule has 0 aliphatic carbocycles. The Morgan fingerprint density at radius 2 is 2.18 bits per heavy atom. The zero-order chi connectivity index (χ0) is 20.3. The number of phenolic OH excluding ortho intramolecular Hbond substituents is 1. The lowest BCUT2D eigenvalue weighted by Crippen LogP contribution is -2.49. The van der Waals surface area contributed by atoms with Crippen molar-refractivity contribution in [2.45, 2.75) is 13.8 Å². The fourth-order valence-corrected chi connectivity index (χ4v) is 2.84.